The molecule has 1 fully saturated rings. The number of H-pyrrole nitrogens is 1. The summed E-state index contributed by atoms with van der Waals surface area (Å²) in [5.74, 6) is -0.0675. The van der Waals surface area contributed by atoms with Gasteiger partial charge in [-0.25, -0.2) is 0 Å². The zero-order chi connectivity index (χ0) is 19.7. The number of carbonyl (C=O) groups is 1. The van der Waals surface area contributed by atoms with Crippen LogP contribution in [-0.4, -0.2) is 29.0 Å². The van der Waals surface area contributed by atoms with Crippen molar-refractivity contribution in [3.8, 4) is 0 Å². The Bertz CT molecular complexity index is 1030. The Morgan fingerprint density at radius 1 is 1.29 bits per heavy atom. The van der Waals surface area contributed by atoms with E-state index in [9.17, 15) is 9.59 Å². The quantitative estimate of drug-likeness (QED) is 0.726. The lowest BCUT2D eigenvalue weighted by Gasteiger charge is -2.30. The SMILES string of the molecule is Cc1cc(C)c(CNC(=O)C2CCN(c3nc4ccccc4o3)CC2)c(=O)[nH]1. The molecule has 2 aromatic heterocycles. The van der Waals surface area contributed by atoms with Gasteiger partial charge in [-0.2, -0.15) is 4.98 Å². The smallest absolute Gasteiger partial charge is 0.298 e. The van der Waals surface area contributed by atoms with Crippen molar-refractivity contribution in [2.45, 2.75) is 33.2 Å². The maximum atomic E-state index is 12.6. The summed E-state index contributed by atoms with van der Waals surface area (Å²) in [7, 11) is 0. The van der Waals surface area contributed by atoms with Crippen LogP contribution < -0.4 is 15.8 Å². The molecule has 3 aromatic rings. The third-order valence-corrected chi connectivity index (χ3v) is 5.35. The van der Waals surface area contributed by atoms with Gasteiger partial charge < -0.3 is 19.6 Å². The molecule has 0 bridgehead atoms. The van der Waals surface area contributed by atoms with Crippen molar-refractivity contribution in [1.29, 1.82) is 0 Å². The van der Waals surface area contributed by atoms with Crippen molar-refractivity contribution in [3.05, 3.63) is 57.5 Å². The van der Waals surface area contributed by atoms with Crippen LogP contribution in [0.1, 0.15) is 29.7 Å². The third-order valence-electron chi connectivity index (χ3n) is 5.35. The van der Waals surface area contributed by atoms with E-state index in [4.69, 9.17) is 4.42 Å². The number of fused-ring (bicyclic) bond motifs is 1. The number of amides is 1. The number of nitrogens with one attached hydrogen (secondary N) is 2. The highest BCUT2D eigenvalue weighted by atomic mass is 16.4. The lowest BCUT2D eigenvalue weighted by atomic mass is 9.96. The highest BCUT2D eigenvalue weighted by Gasteiger charge is 2.27. The van der Waals surface area contributed by atoms with E-state index in [0.29, 0.717) is 11.6 Å². The van der Waals surface area contributed by atoms with Crippen LogP contribution in [0.2, 0.25) is 0 Å². The molecule has 4 rings (SSSR count). The molecule has 1 aliphatic heterocycles. The molecular formula is C21H24N4O3. The minimum Gasteiger partial charge on any atom is -0.423 e. The summed E-state index contributed by atoms with van der Waals surface area (Å²) in [5.41, 5.74) is 3.81. The first-order chi connectivity index (χ1) is 13.5. The number of hydrogen-bond donors (Lipinski definition) is 2. The van der Waals surface area contributed by atoms with Crippen LogP contribution in [0.3, 0.4) is 0 Å². The van der Waals surface area contributed by atoms with Gasteiger partial charge in [-0.3, -0.25) is 9.59 Å². The molecule has 0 spiro atoms. The summed E-state index contributed by atoms with van der Waals surface area (Å²) in [6.07, 6.45) is 1.46. The first-order valence-corrected chi connectivity index (χ1v) is 9.59. The van der Waals surface area contributed by atoms with Crippen LogP contribution in [0.15, 0.2) is 39.5 Å². The van der Waals surface area contributed by atoms with Crippen LogP contribution in [0.25, 0.3) is 11.1 Å². The number of aryl methyl sites for hydroxylation is 2. The van der Waals surface area contributed by atoms with Gasteiger partial charge in [0.25, 0.3) is 11.6 Å². The van der Waals surface area contributed by atoms with Crippen molar-refractivity contribution >= 4 is 23.0 Å². The number of hydrogen-bond acceptors (Lipinski definition) is 5. The fourth-order valence-corrected chi connectivity index (χ4v) is 3.75. The number of aromatic nitrogens is 2. The van der Waals surface area contributed by atoms with Gasteiger partial charge in [-0.1, -0.05) is 12.1 Å². The maximum Gasteiger partial charge on any atom is 0.298 e. The van der Waals surface area contributed by atoms with E-state index in [1.807, 2.05) is 44.2 Å². The van der Waals surface area contributed by atoms with Crippen LogP contribution in [-0.2, 0) is 11.3 Å². The molecule has 0 atom stereocenters. The molecule has 0 saturated carbocycles. The number of para-hydroxylation sites is 2. The van der Waals surface area contributed by atoms with Gasteiger partial charge >= 0.3 is 0 Å². The van der Waals surface area contributed by atoms with Crippen LogP contribution >= 0.6 is 0 Å². The van der Waals surface area contributed by atoms with Crippen molar-refractivity contribution < 1.29 is 9.21 Å². The monoisotopic (exact) mass is 380 g/mol. The van der Waals surface area contributed by atoms with Crippen molar-refractivity contribution in [2.24, 2.45) is 5.92 Å². The fourth-order valence-electron chi connectivity index (χ4n) is 3.75. The Kier molecular flexibility index (Phi) is 4.90. The number of carbonyl (C=O) groups excluding carboxylic acids is 1. The zero-order valence-electron chi connectivity index (χ0n) is 16.1. The van der Waals surface area contributed by atoms with Gasteiger partial charge in [-0.15, -0.1) is 0 Å². The van der Waals surface area contributed by atoms with Crippen molar-refractivity contribution in [1.82, 2.24) is 15.3 Å². The normalized spacial score (nSPS) is 15.1. The zero-order valence-corrected chi connectivity index (χ0v) is 16.1. The molecule has 0 aliphatic carbocycles. The van der Waals surface area contributed by atoms with E-state index < -0.39 is 0 Å². The van der Waals surface area contributed by atoms with Gasteiger partial charge in [0.1, 0.15) is 5.52 Å². The van der Waals surface area contributed by atoms with E-state index in [-0.39, 0.29) is 23.9 Å². The largest absolute Gasteiger partial charge is 0.423 e. The molecule has 0 radical (unpaired) electrons. The van der Waals surface area contributed by atoms with Crippen molar-refractivity contribution in [2.75, 3.05) is 18.0 Å². The molecule has 2 N–H and O–H groups in total. The van der Waals surface area contributed by atoms with Gasteiger partial charge in [0, 0.05) is 36.8 Å². The first kappa shape index (κ1) is 18.3. The number of nitrogens with zero attached hydrogens (tertiary/aromatic N) is 2. The number of benzene rings is 1. The fraction of sp³-hybridized carbons (Fsp3) is 0.381. The lowest BCUT2D eigenvalue weighted by Crippen LogP contribution is -2.41. The van der Waals surface area contributed by atoms with E-state index in [1.54, 1.807) is 0 Å². The van der Waals surface area contributed by atoms with E-state index in [2.05, 4.69) is 20.2 Å². The molecule has 1 saturated heterocycles. The molecule has 146 valence electrons. The topological polar surface area (TPSA) is 91.2 Å². The first-order valence-electron chi connectivity index (χ1n) is 9.59. The molecule has 3 heterocycles. The summed E-state index contributed by atoms with van der Waals surface area (Å²) >= 11 is 0. The number of anilines is 1. The van der Waals surface area contributed by atoms with Gasteiger partial charge in [0.05, 0.1) is 0 Å². The number of piperidine rings is 1. The van der Waals surface area contributed by atoms with Gasteiger partial charge in [0.15, 0.2) is 5.58 Å². The molecular weight excluding hydrogens is 356 g/mol. The van der Waals surface area contributed by atoms with Crippen LogP contribution in [0.5, 0.6) is 0 Å². The maximum absolute atomic E-state index is 12.6. The van der Waals surface area contributed by atoms with Gasteiger partial charge in [0.2, 0.25) is 5.91 Å². The van der Waals surface area contributed by atoms with Crippen LogP contribution in [0.4, 0.5) is 6.01 Å². The number of rotatable bonds is 4. The highest BCUT2D eigenvalue weighted by molar-refractivity contribution is 5.79. The Labute approximate surface area is 162 Å². The molecule has 28 heavy (non-hydrogen) atoms. The second-order valence-corrected chi connectivity index (χ2v) is 7.39. The second-order valence-electron chi connectivity index (χ2n) is 7.39. The van der Waals surface area contributed by atoms with Gasteiger partial charge in [-0.05, 0) is 50.5 Å². The molecule has 7 heteroatoms. The lowest BCUT2D eigenvalue weighted by molar-refractivity contribution is -0.125. The molecule has 1 amide bonds. The van der Waals surface area contributed by atoms with Crippen LogP contribution in [0, 0.1) is 19.8 Å². The summed E-state index contributed by atoms with van der Waals surface area (Å²) in [6, 6.07) is 10.2. The summed E-state index contributed by atoms with van der Waals surface area (Å²) in [5, 5.41) is 2.93. The molecule has 0 unspecified atom stereocenters. The number of pyridine rings is 1. The summed E-state index contributed by atoms with van der Waals surface area (Å²) < 4.78 is 5.82. The standard InChI is InChI=1S/C21H24N4O3/c1-13-11-14(2)23-20(27)16(13)12-22-19(26)15-7-9-25(10-8-15)21-24-17-5-3-4-6-18(17)28-21/h3-6,11,15H,7-10,12H2,1-2H3,(H,22,26)(H,23,27). The second kappa shape index (κ2) is 7.50. The highest BCUT2D eigenvalue weighted by Crippen LogP contribution is 2.26. The Morgan fingerprint density at radius 3 is 2.75 bits per heavy atom. The molecule has 1 aliphatic rings. The average molecular weight is 380 g/mol. The predicted molar refractivity (Wildman–Crippen MR) is 107 cm³/mol. The Hall–Kier alpha value is -3.09. The predicted octanol–water partition coefficient (Wildman–Crippen LogP) is 2.67. The Morgan fingerprint density at radius 2 is 2.04 bits per heavy atom. The average Bonchev–Trinajstić information content (AvgIpc) is 3.11. The number of oxazole rings is 1. The minimum atomic E-state index is -0.136. The molecule has 7 nitrogen and oxygen atoms in total. The third kappa shape index (κ3) is 3.65. The Balaban J connectivity index is 1.34. The van der Waals surface area contributed by atoms with Crippen molar-refractivity contribution in [3.63, 3.8) is 0 Å². The van der Waals surface area contributed by atoms with E-state index in [0.717, 1.165) is 48.3 Å². The van der Waals surface area contributed by atoms with E-state index in [1.165, 1.54) is 0 Å². The number of aromatic amines is 1. The summed E-state index contributed by atoms with van der Waals surface area (Å²) in [6.45, 7) is 5.43. The molecule has 1 aromatic carbocycles. The summed E-state index contributed by atoms with van der Waals surface area (Å²) in [4.78, 5) is 34.1. The van der Waals surface area contributed by atoms with E-state index >= 15 is 0 Å². The minimum absolute atomic E-state index is 0.00316.